The van der Waals surface area contributed by atoms with Crippen LogP contribution in [0.4, 0.5) is 5.82 Å². The lowest BCUT2D eigenvalue weighted by atomic mass is 10.1. The molecule has 1 aromatic carbocycles. The highest BCUT2D eigenvalue weighted by Crippen LogP contribution is 2.31. The van der Waals surface area contributed by atoms with Crippen LogP contribution >= 0.6 is 0 Å². The van der Waals surface area contributed by atoms with E-state index < -0.39 is 6.04 Å². The second-order valence-corrected chi connectivity index (χ2v) is 6.65. The third-order valence-corrected chi connectivity index (χ3v) is 4.61. The Balaban J connectivity index is 1.61. The zero-order valence-electron chi connectivity index (χ0n) is 14.7. The van der Waals surface area contributed by atoms with Crippen LogP contribution in [0.3, 0.4) is 0 Å². The molecule has 25 heavy (non-hydrogen) atoms. The molecule has 6 nitrogen and oxygen atoms in total. The van der Waals surface area contributed by atoms with Gasteiger partial charge in [0.1, 0.15) is 11.9 Å². The van der Waals surface area contributed by atoms with E-state index in [1.54, 1.807) is 31.3 Å². The summed E-state index contributed by atoms with van der Waals surface area (Å²) in [5.41, 5.74) is 1.56. The molecular weight excluding hydrogens is 316 g/mol. The van der Waals surface area contributed by atoms with Gasteiger partial charge in [0.2, 0.25) is 5.91 Å². The quantitative estimate of drug-likeness (QED) is 0.878. The maximum absolute atomic E-state index is 12.4. The fourth-order valence-corrected chi connectivity index (χ4v) is 3.22. The first-order valence-electron chi connectivity index (χ1n) is 8.76. The molecule has 3 rings (SSSR count). The summed E-state index contributed by atoms with van der Waals surface area (Å²) in [6.45, 7) is 3.61. The van der Waals surface area contributed by atoms with Crippen LogP contribution in [0.15, 0.2) is 36.5 Å². The smallest absolute Gasteiger partial charge is 0.251 e. The van der Waals surface area contributed by atoms with Crippen molar-refractivity contribution in [3.05, 3.63) is 47.7 Å². The van der Waals surface area contributed by atoms with Crippen molar-refractivity contribution >= 4 is 17.6 Å². The molecule has 1 aliphatic rings. The van der Waals surface area contributed by atoms with Crippen LogP contribution < -0.4 is 10.6 Å². The molecule has 2 aromatic rings. The maximum Gasteiger partial charge on any atom is 0.251 e. The minimum Gasteiger partial charge on any atom is -0.341 e. The number of hydrogen-bond acceptors (Lipinski definition) is 3. The van der Waals surface area contributed by atoms with Gasteiger partial charge in [0, 0.05) is 11.6 Å². The van der Waals surface area contributed by atoms with E-state index in [1.165, 1.54) is 12.8 Å². The van der Waals surface area contributed by atoms with E-state index in [-0.39, 0.29) is 11.8 Å². The Morgan fingerprint density at radius 1 is 1.24 bits per heavy atom. The van der Waals surface area contributed by atoms with Gasteiger partial charge in [0.25, 0.3) is 5.91 Å². The summed E-state index contributed by atoms with van der Waals surface area (Å²) in [6, 6.07) is 8.80. The zero-order chi connectivity index (χ0) is 17.8. The predicted molar refractivity (Wildman–Crippen MR) is 96.5 cm³/mol. The molecule has 2 amide bonds. The second kappa shape index (κ2) is 7.51. The normalized spacial score (nSPS) is 15.8. The van der Waals surface area contributed by atoms with Gasteiger partial charge < -0.3 is 10.6 Å². The highest BCUT2D eigenvalue weighted by atomic mass is 16.2. The number of benzene rings is 1. The Morgan fingerprint density at radius 3 is 2.72 bits per heavy atom. The van der Waals surface area contributed by atoms with E-state index in [0.717, 1.165) is 18.4 Å². The number of aromatic nitrogens is 2. The third kappa shape index (κ3) is 4.07. The number of carbonyl (C=O) groups excluding carboxylic acids is 2. The lowest BCUT2D eigenvalue weighted by Crippen LogP contribution is -2.42. The standard InChI is InChI=1S/C19H24N4O2/c1-13-6-5-7-15(12-13)19(25)21-14(2)18(24)22-17-10-11-20-23(17)16-8-3-4-9-16/h5-7,10-12,14,16H,3-4,8-9H2,1-2H3,(H,21,25)(H,22,24)/t14-/m1/s1. The Morgan fingerprint density at radius 2 is 2.00 bits per heavy atom. The highest BCUT2D eigenvalue weighted by molar-refractivity contribution is 6.00. The maximum atomic E-state index is 12.4. The monoisotopic (exact) mass is 340 g/mol. The lowest BCUT2D eigenvalue weighted by molar-refractivity contribution is -0.117. The Labute approximate surface area is 147 Å². The van der Waals surface area contributed by atoms with Gasteiger partial charge in [0.05, 0.1) is 12.2 Å². The van der Waals surface area contributed by atoms with Crippen molar-refractivity contribution in [3.8, 4) is 0 Å². The highest BCUT2D eigenvalue weighted by Gasteiger charge is 2.22. The Hall–Kier alpha value is -2.63. The molecule has 1 saturated carbocycles. The van der Waals surface area contributed by atoms with Crippen LogP contribution in [0.2, 0.25) is 0 Å². The van der Waals surface area contributed by atoms with Crippen LogP contribution in [0.1, 0.15) is 54.6 Å². The van der Waals surface area contributed by atoms with Crippen LogP contribution in [0.5, 0.6) is 0 Å². The average Bonchev–Trinajstić information content (AvgIpc) is 3.25. The van der Waals surface area contributed by atoms with Gasteiger partial charge in [-0.1, -0.05) is 30.5 Å². The minimum atomic E-state index is -0.639. The molecular formula is C19H24N4O2. The molecule has 1 heterocycles. The largest absolute Gasteiger partial charge is 0.341 e. The van der Waals surface area contributed by atoms with E-state index >= 15 is 0 Å². The van der Waals surface area contributed by atoms with Gasteiger partial charge in [-0.25, -0.2) is 4.68 Å². The molecule has 0 spiro atoms. The molecule has 1 aromatic heterocycles. The van der Waals surface area contributed by atoms with E-state index in [2.05, 4.69) is 15.7 Å². The molecule has 0 bridgehead atoms. The molecule has 132 valence electrons. The molecule has 2 N–H and O–H groups in total. The molecule has 0 aliphatic heterocycles. The van der Waals surface area contributed by atoms with E-state index in [9.17, 15) is 9.59 Å². The summed E-state index contributed by atoms with van der Waals surface area (Å²) in [7, 11) is 0. The van der Waals surface area contributed by atoms with Crippen molar-refractivity contribution in [2.75, 3.05) is 5.32 Å². The predicted octanol–water partition coefficient (Wildman–Crippen LogP) is 3.06. The number of amides is 2. The number of rotatable bonds is 5. The number of nitrogens with one attached hydrogen (secondary N) is 2. The first-order chi connectivity index (χ1) is 12.0. The first-order valence-corrected chi connectivity index (χ1v) is 8.76. The van der Waals surface area contributed by atoms with Crippen molar-refractivity contribution in [1.82, 2.24) is 15.1 Å². The fraction of sp³-hybridized carbons (Fsp3) is 0.421. The third-order valence-electron chi connectivity index (χ3n) is 4.61. The van der Waals surface area contributed by atoms with Gasteiger partial charge in [-0.2, -0.15) is 5.10 Å². The number of nitrogens with zero attached hydrogens (tertiary/aromatic N) is 2. The molecule has 1 fully saturated rings. The summed E-state index contributed by atoms with van der Waals surface area (Å²) in [4.78, 5) is 24.7. The SMILES string of the molecule is Cc1cccc(C(=O)N[C@H](C)C(=O)Nc2ccnn2C2CCCC2)c1. The van der Waals surface area contributed by atoms with E-state index in [1.807, 2.05) is 23.7 Å². The van der Waals surface area contributed by atoms with Gasteiger partial charge in [-0.05, 0) is 38.8 Å². The topological polar surface area (TPSA) is 76.0 Å². The van der Waals surface area contributed by atoms with Crippen molar-refractivity contribution in [1.29, 1.82) is 0 Å². The van der Waals surface area contributed by atoms with E-state index in [0.29, 0.717) is 17.4 Å². The fourth-order valence-electron chi connectivity index (χ4n) is 3.22. The Bertz CT molecular complexity index is 762. The van der Waals surface area contributed by atoms with Crippen LogP contribution in [0, 0.1) is 6.92 Å². The van der Waals surface area contributed by atoms with Gasteiger partial charge in [-0.15, -0.1) is 0 Å². The van der Waals surface area contributed by atoms with E-state index in [4.69, 9.17) is 0 Å². The van der Waals surface area contributed by atoms with Crippen LogP contribution in [0.25, 0.3) is 0 Å². The van der Waals surface area contributed by atoms with Gasteiger partial charge in [-0.3, -0.25) is 9.59 Å². The van der Waals surface area contributed by atoms with Crippen molar-refractivity contribution in [2.45, 2.75) is 51.6 Å². The zero-order valence-corrected chi connectivity index (χ0v) is 14.7. The summed E-state index contributed by atoms with van der Waals surface area (Å²) < 4.78 is 1.89. The molecule has 0 saturated heterocycles. The summed E-state index contributed by atoms with van der Waals surface area (Å²) in [5.74, 6) is 0.185. The van der Waals surface area contributed by atoms with Crippen molar-refractivity contribution in [2.24, 2.45) is 0 Å². The van der Waals surface area contributed by atoms with Gasteiger partial charge >= 0.3 is 0 Å². The molecule has 1 atom stereocenters. The number of anilines is 1. The molecule has 0 radical (unpaired) electrons. The lowest BCUT2D eigenvalue weighted by Gasteiger charge is -2.17. The summed E-state index contributed by atoms with van der Waals surface area (Å²) in [5, 5.41) is 9.97. The molecule has 6 heteroatoms. The van der Waals surface area contributed by atoms with Crippen molar-refractivity contribution < 1.29 is 9.59 Å². The van der Waals surface area contributed by atoms with Crippen LogP contribution in [-0.4, -0.2) is 27.6 Å². The van der Waals surface area contributed by atoms with Crippen molar-refractivity contribution in [3.63, 3.8) is 0 Å². The number of aryl methyl sites for hydroxylation is 1. The van der Waals surface area contributed by atoms with Crippen LogP contribution in [-0.2, 0) is 4.79 Å². The summed E-state index contributed by atoms with van der Waals surface area (Å²) >= 11 is 0. The minimum absolute atomic E-state index is 0.249. The first kappa shape index (κ1) is 17.2. The number of carbonyl (C=O) groups is 2. The Kier molecular flexibility index (Phi) is 5.16. The summed E-state index contributed by atoms with van der Waals surface area (Å²) in [6.07, 6.45) is 6.26. The second-order valence-electron chi connectivity index (χ2n) is 6.65. The van der Waals surface area contributed by atoms with Gasteiger partial charge in [0.15, 0.2) is 0 Å². The number of hydrogen-bond donors (Lipinski definition) is 2. The average molecular weight is 340 g/mol. The molecule has 0 unspecified atom stereocenters. The molecule has 1 aliphatic carbocycles.